The van der Waals surface area contributed by atoms with Gasteiger partial charge in [-0.2, -0.15) is 0 Å². The van der Waals surface area contributed by atoms with Crippen molar-refractivity contribution in [1.82, 2.24) is 15.5 Å². The van der Waals surface area contributed by atoms with Gasteiger partial charge in [0.15, 0.2) is 11.6 Å². The molecule has 2 saturated heterocycles. The first-order valence-corrected chi connectivity index (χ1v) is 10.5. The van der Waals surface area contributed by atoms with Crippen molar-refractivity contribution in [1.29, 1.82) is 0 Å². The number of piperidine rings is 2. The largest absolute Gasteiger partial charge is 0.355 e. The van der Waals surface area contributed by atoms with Crippen LogP contribution in [0.1, 0.15) is 37.7 Å². The number of hydrogen-bond donors (Lipinski definition) is 1. The summed E-state index contributed by atoms with van der Waals surface area (Å²) in [7, 11) is 0. The van der Waals surface area contributed by atoms with E-state index in [4.69, 9.17) is 0 Å². The third-order valence-electron chi connectivity index (χ3n) is 5.89. The maximum absolute atomic E-state index is 13.0. The number of aromatic nitrogens is 2. The molecule has 2 fully saturated rings. The quantitative estimate of drug-likeness (QED) is 0.840. The molecule has 4 rings (SSSR count). The highest BCUT2D eigenvalue weighted by Gasteiger charge is 2.25. The zero-order chi connectivity index (χ0) is 20.1. The first-order valence-electron chi connectivity index (χ1n) is 10.5. The number of anilines is 2. The van der Waals surface area contributed by atoms with E-state index in [0.29, 0.717) is 6.54 Å². The van der Waals surface area contributed by atoms with E-state index >= 15 is 0 Å². The van der Waals surface area contributed by atoms with Crippen LogP contribution in [0, 0.1) is 11.7 Å². The van der Waals surface area contributed by atoms with Crippen molar-refractivity contribution in [2.75, 3.05) is 36.0 Å². The van der Waals surface area contributed by atoms with Crippen molar-refractivity contribution in [3.05, 3.63) is 47.8 Å². The molecule has 1 N–H and O–H groups in total. The lowest BCUT2D eigenvalue weighted by Gasteiger charge is -2.32. The van der Waals surface area contributed by atoms with Crippen LogP contribution in [0.4, 0.5) is 16.0 Å². The lowest BCUT2D eigenvalue weighted by Crippen LogP contribution is -2.40. The summed E-state index contributed by atoms with van der Waals surface area (Å²) in [5.41, 5.74) is 0.904. The van der Waals surface area contributed by atoms with Gasteiger partial charge in [-0.1, -0.05) is 12.1 Å². The fraction of sp³-hybridized carbons (Fsp3) is 0.500. The smallest absolute Gasteiger partial charge is 0.223 e. The van der Waals surface area contributed by atoms with Crippen molar-refractivity contribution < 1.29 is 9.18 Å². The molecule has 0 bridgehead atoms. The summed E-state index contributed by atoms with van der Waals surface area (Å²) in [5.74, 6) is 1.66. The van der Waals surface area contributed by atoms with E-state index in [1.165, 1.54) is 31.4 Å². The summed E-state index contributed by atoms with van der Waals surface area (Å²) >= 11 is 0. The highest BCUT2D eigenvalue weighted by molar-refractivity contribution is 5.79. The fourth-order valence-electron chi connectivity index (χ4n) is 4.09. The van der Waals surface area contributed by atoms with Crippen molar-refractivity contribution in [2.24, 2.45) is 5.92 Å². The van der Waals surface area contributed by atoms with Crippen molar-refractivity contribution >= 4 is 17.5 Å². The summed E-state index contributed by atoms with van der Waals surface area (Å²) < 4.78 is 13.0. The average molecular weight is 397 g/mol. The molecule has 154 valence electrons. The number of carbonyl (C=O) groups is 1. The van der Waals surface area contributed by atoms with Crippen LogP contribution in [-0.2, 0) is 11.3 Å². The predicted molar refractivity (Wildman–Crippen MR) is 111 cm³/mol. The van der Waals surface area contributed by atoms with E-state index in [1.807, 2.05) is 6.07 Å². The maximum Gasteiger partial charge on any atom is 0.223 e. The number of nitrogens with one attached hydrogen (secondary N) is 1. The number of benzene rings is 1. The lowest BCUT2D eigenvalue weighted by molar-refractivity contribution is -0.125. The minimum atomic E-state index is -0.264. The first kappa shape index (κ1) is 19.6. The molecular formula is C22H28FN5O. The van der Waals surface area contributed by atoms with Gasteiger partial charge in [-0.05, 0) is 61.9 Å². The Morgan fingerprint density at radius 1 is 0.897 bits per heavy atom. The van der Waals surface area contributed by atoms with Crippen LogP contribution in [0.3, 0.4) is 0 Å². The summed E-state index contributed by atoms with van der Waals surface area (Å²) in [6.07, 6.45) is 5.34. The Hall–Kier alpha value is -2.70. The predicted octanol–water partition coefficient (Wildman–Crippen LogP) is 3.14. The Morgan fingerprint density at radius 2 is 1.48 bits per heavy atom. The number of carbonyl (C=O) groups excluding carboxylic acids is 1. The molecule has 0 aliphatic carbocycles. The van der Waals surface area contributed by atoms with Crippen molar-refractivity contribution in [3.8, 4) is 0 Å². The number of amides is 1. The van der Waals surface area contributed by atoms with E-state index in [0.717, 1.165) is 56.2 Å². The van der Waals surface area contributed by atoms with Gasteiger partial charge in [0, 0.05) is 38.6 Å². The normalized spacial score (nSPS) is 18.0. The van der Waals surface area contributed by atoms with E-state index < -0.39 is 0 Å². The van der Waals surface area contributed by atoms with Gasteiger partial charge < -0.3 is 15.1 Å². The molecular weight excluding hydrogens is 369 g/mol. The zero-order valence-electron chi connectivity index (χ0n) is 16.7. The van der Waals surface area contributed by atoms with E-state index in [-0.39, 0.29) is 17.6 Å². The molecule has 2 aliphatic heterocycles. The SMILES string of the molecule is O=C(NCc1ccc(F)cc1)C1CCN(c2ccc(N3CCCCC3)nn2)CC1. The van der Waals surface area contributed by atoms with Crippen LogP contribution < -0.4 is 15.1 Å². The van der Waals surface area contributed by atoms with Crippen molar-refractivity contribution in [3.63, 3.8) is 0 Å². The Bertz CT molecular complexity index is 797. The molecule has 2 aliphatic rings. The maximum atomic E-state index is 13.0. The minimum absolute atomic E-state index is 0.00674. The van der Waals surface area contributed by atoms with Crippen LogP contribution in [0.2, 0.25) is 0 Å². The van der Waals surface area contributed by atoms with E-state index in [9.17, 15) is 9.18 Å². The Balaban J connectivity index is 1.25. The number of hydrogen-bond acceptors (Lipinski definition) is 5. The molecule has 0 unspecified atom stereocenters. The molecule has 0 spiro atoms. The molecule has 1 aromatic carbocycles. The van der Waals surface area contributed by atoms with Gasteiger partial charge in [0.2, 0.25) is 5.91 Å². The molecule has 0 radical (unpaired) electrons. The van der Waals surface area contributed by atoms with Gasteiger partial charge in [0.05, 0.1) is 0 Å². The highest BCUT2D eigenvalue weighted by atomic mass is 19.1. The second kappa shape index (κ2) is 9.20. The number of halogens is 1. The monoisotopic (exact) mass is 397 g/mol. The summed E-state index contributed by atoms with van der Waals surface area (Å²) in [6, 6.07) is 10.3. The average Bonchev–Trinajstić information content (AvgIpc) is 2.79. The fourth-order valence-corrected chi connectivity index (χ4v) is 4.09. The summed E-state index contributed by atoms with van der Waals surface area (Å²) in [4.78, 5) is 17.0. The third kappa shape index (κ3) is 5.02. The highest BCUT2D eigenvalue weighted by Crippen LogP contribution is 2.24. The molecule has 29 heavy (non-hydrogen) atoms. The standard InChI is InChI=1S/C22H28FN5O/c23-19-6-4-17(5-7-19)16-24-22(29)18-10-14-28(15-11-18)21-9-8-20(25-26-21)27-12-2-1-3-13-27/h4-9,18H,1-3,10-16H2,(H,24,29). The third-order valence-corrected chi connectivity index (χ3v) is 5.89. The Morgan fingerprint density at radius 3 is 2.07 bits per heavy atom. The molecule has 1 amide bonds. The molecule has 1 aromatic heterocycles. The molecule has 2 aromatic rings. The van der Waals surface area contributed by atoms with Crippen LogP contribution in [-0.4, -0.2) is 42.3 Å². The number of nitrogens with zero attached hydrogens (tertiary/aromatic N) is 4. The second-order valence-electron chi connectivity index (χ2n) is 7.90. The van der Waals surface area contributed by atoms with Gasteiger partial charge in [-0.3, -0.25) is 4.79 Å². The van der Waals surface area contributed by atoms with Crippen molar-refractivity contribution in [2.45, 2.75) is 38.6 Å². The topological polar surface area (TPSA) is 61.4 Å². The number of rotatable bonds is 5. The summed E-state index contributed by atoms with van der Waals surface area (Å²) in [5, 5.41) is 11.8. The molecule has 0 saturated carbocycles. The van der Waals surface area contributed by atoms with E-state index in [1.54, 1.807) is 12.1 Å². The molecule has 7 heteroatoms. The van der Waals surface area contributed by atoms with Gasteiger partial charge >= 0.3 is 0 Å². The second-order valence-corrected chi connectivity index (χ2v) is 7.90. The first-order chi connectivity index (χ1) is 14.2. The molecule has 6 nitrogen and oxygen atoms in total. The van der Waals surface area contributed by atoms with Gasteiger partial charge in [0.25, 0.3) is 0 Å². The van der Waals surface area contributed by atoms with Gasteiger partial charge in [-0.15, -0.1) is 10.2 Å². The van der Waals surface area contributed by atoms with Crippen LogP contribution in [0.15, 0.2) is 36.4 Å². The van der Waals surface area contributed by atoms with Gasteiger partial charge in [0.1, 0.15) is 5.82 Å². The Kier molecular flexibility index (Phi) is 6.22. The summed E-state index contributed by atoms with van der Waals surface area (Å²) in [6.45, 7) is 4.15. The zero-order valence-corrected chi connectivity index (χ0v) is 16.7. The van der Waals surface area contributed by atoms with Gasteiger partial charge in [-0.25, -0.2) is 4.39 Å². The Labute approximate surface area is 171 Å². The van der Waals surface area contributed by atoms with E-state index in [2.05, 4.69) is 31.4 Å². The van der Waals surface area contributed by atoms with Crippen LogP contribution in [0.25, 0.3) is 0 Å². The molecule has 0 atom stereocenters. The van der Waals surface area contributed by atoms with Crippen LogP contribution in [0.5, 0.6) is 0 Å². The molecule has 3 heterocycles. The minimum Gasteiger partial charge on any atom is -0.355 e. The lowest BCUT2D eigenvalue weighted by atomic mass is 9.96. The van der Waals surface area contributed by atoms with Crippen LogP contribution >= 0.6 is 0 Å².